The zero-order chi connectivity index (χ0) is 13.6. The molecule has 1 aromatic heterocycles. The third kappa shape index (κ3) is 2.20. The van der Waals surface area contributed by atoms with E-state index in [-0.39, 0.29) is 17.9 Å². The van der Waals surface area contributed by atoms with Crippen molar-refractivity contribution in [2.24, 2.45) is 5.92 Å². The SMILES string of the molecule is CC(O)C1CCN(C(=O)c2n[nH]c(C3CC3)c2N)C1. The van der Waals surface area contributed by atoms with Gasteiger partial charge in [0.1, 0.15) is 0 Å². The van der Waals surface area contributed by atoms with Crippen LogP contribution in [0.3, 0.4) is 0 Å². The summed E-state index contributed by atoms with van der Waals surface area (Å²) in [5, 5.41) is 16.6. The fraction of sp³-hybridized carbons (Fsp3) is 0.692. The van der Waals surface area contributed by atoms with Gasteiger partial charge in [0.15, 0.2) is 5.69 Å². The average Bonchev–Trinajstić information content (AvgIpc) is 2.96. The third-order valence-electron chi connectivity index (χ3n) is 4.22. The molecule has 2 heterocycles. The van der Waals surface area contributed by atoms with E-state index in [9.17, 15) is 9.90 Å². The molecule has 2 atom stereocenters. The summed E-state index contributed by atoms with van der Waals surface area (Å²) in [5.41, 5.74) is 7.78. The molecule has 4 N–H and O–H groups in total. The molecule has 1 saturated heterocycles. The van der Waals surface area contributed by atoms with Crippen LogP contribution in [0.2, 0.25) is 0 Å². The van der Waals surface area contributed by atoms with Gasteiger partial charge in [-0.3, -0.25) is 9.89 Å². The fourth-order valence-electron chi connectivity index (χ4n) is 2.73. The van der Waals surface area contributed by atoms with E-state index in [4.69, 9.17) is 5.73 Å². The molecule has 1 aromatic rings. The van der Waals surface area contributed by atoms with Crippen molar-refractivity contribution in [2.45, 2.75) is 38.2 Å². The summed E-state index contributed by atoms with van der Waals surface area (Å²) in [6, 6.07) is 0. The molecular weight excluding hydrogens is 244 g/mol. The molecule has 0 spiro atoms. The number of anilines is 1. The Balaban J connectivity index is 1.74. The number of rotatable bonds is 3. The minimum atomic E-state index is -0.378. The first-order chi connectivity index (χ1) is 9.08. The molecule has 19 heavy (non-hydrogen) atoms. The molecule has 1 amide bonds. The highest BCUT2D eigenvalue weighted by atomic mass is 16.3. The first-order valence-corrected chi connectivity index (χ1v) is 6.89. The minimum Gasteiger partial charge on any atom is -0.395 e. The number of H-pyrrole nitrogens is 1. The zero-order valence-electron chi connectivity index (χ0n) is 11.1. The Morgan fingerprint density at radius 3 is 2.84 bits per heavy atom. The van der Waals surface area contributed by atoms with Gasteiger partial charge in [0.25, 0.3) is 5.91 Å². The van der Waals surface area contributed by atoms with Gasteiger partial charge < -0.3 is 15.7 Å². The lowest BCUT2D eigenvalue weighted by atomic mass is 10.0. The maximum absolute atomic E-state index is 12.4. The van der Waals surface area contributed by atoms with Crippen LogP contribution in [0.15, 0.2) is 0 Å². The molecule has 104 valence electrons. The number of aromatic nitrogens is 2. The second kappa shape index (κ2) is 4.52. The zero-order valence-corrected chi connectivity index (χ0v) is 11.1. The molecule has 0 radical (unpaired) electrons. The number of nitrogens with two attached hydrogens (primary N) is 1. The highest BCUT2D eigenvalue weighted by molar-refractivity contribution is 5.97. The Hall–Kier alpha value is -1.56. The molecule has 0 aromatic carbocycles. The maximum Gasteiger partial charge on any atom is 0.276 e. The van der Waals surface area contributed by atoms with Crippen LogP contribution in [-0.2, 0) is 0 Å². The van der Waals surface area contributed by atoms with Gasteiger partial charge in [-0.25, -0.2) is 0 Å². The van der Waals surface area contributed by atoms with Gasteiger partial charge in [0, 0.05) is 24.9 Å². The monoisotopic (exact) mass is 264 g/mol. The summed E-state index contributed by atoms with van der Waals surface area (Å²) >= 11 is 0. The molecule has 3 rings (SSSR count). The number of aliphatic hydroxyl groups is 1. The Kier molecular flexibility index (Phi) is 2.97. The van der Waals surface area contributed by atoms with Gasteiger partial charge in [-0.2, -0.15) is 5.10 Å². The highest BCUT2D eigenvalue weighted by Crippen LogP contribution is 2.42. The summed E-state index contributed by atoms with van der Waals surface area (Å²) in [7, 11) is 0. The van der Waals surface area contributed by atoms with E-state index in [0.717, 1.165) is 25.0 Å². The number of amides is 1. The van der Waals surface area contributed by atoms with Crippen LogP contribution in [-0.4, -0.2) is 45.3 Å². The molecule has 1 saturated carbocycles. The van der Waals surface area contributed by atoms with Gasteiger partial charge >= 0.3 is 0 Å². The maximum atomic E-state index is 12.4. The van der Waals surface area contributed by atoms with Crippen molar-refractivity contribution in [1.29, 1.82) is 0 Å². The third-order valence-corrected chi connectivity index (χ3v) is 4.22. The molecule has 6 nitrogen and oxygen atoms in total. The first-order valence-electron chi connectivity index (χ1n) is 6.89. The number of carbonyl (C=O) groups is 1. The number of carbonyl (C=O) groups excluding carboxylic acids is 1. The lowest BCUT2D eigenvalue weighted by molar-refractivity contribution is 0.0758. The summed E-state index contributed by atoms with van der Waals surface area (Å²) in [6.45, 7) is 3.02. The lowest BCUT2D eigenvalue weighted by Crippen LogP contribution is -2.31. The largest absolute Gasteiger partial charge is 0.395 e. The molecule has 1 aliphatic carbocycles. The normalized spacial score (nSPS) is 24.7. The van der Waals surface area contributed by atoms with E-state index < -0.39 is 0 Å². The van der Waals surface area contributed by atoms with Crippen LogP contribution >= 0.6 is 0 Å². The summed E-state index contributed by atoms with van der Waals surface area (Å²) in [5.74, 6) is 0.494. The molecule has 1 aliphatic heterocycles. The Bertz CT molecular complexity index is 493. The van der Waals surface area contributed by atoms with Crippen LogP contribution in [0.1, 0.15) is 48.3 Å². The number of nitrogen functional groups attached to an aromatic ring is 1. The number of hydrogen-bond donors (Lipinski definition) is 3. The number of nitrogens with one attached hydrogen (secondary N) is 1. The highest BCUT2D eigenvalue weighted by Gasteiger charge is 2.34. The predicted octanol–water partition coefficient (Wildman–Crippen LogP) is 0.712. The van der Waals surface area contributed by atoms with Gasteiger partial charge in [0.05, 0.1) is 17.5 Å². The number of aliphatic hydroxyl groups excluding tert-OH is 1. The van der Waals surface area contributed by atoms with Crippen molar-refractivity contribution in [3.8, 4) is 0 Å². The van der Waals surface area contributed by atoms with Crippen molar-refractivity contribution in [3.63, 3.8) is 0 Å². The number of aromatic amines is 1. The van der Waals surface area contributed by atoms with E-state index >= 15 is 0 Å². The van der Waals surface area contributed by atoms with E-state index in [1.54, 1.807) is 11.8 Å². The molecule has 6 heteroatoms. The Morgan fingerprint density at radius 1 is 1.53 bits per heavy atom. The molecule has 2 fully saturated rings. The van der Waals surface area contributed by atoms with Crippen LogP contribution < -0.4 is 5.73 Å². The fourth-order valence-corrected chi connectivity index (χ4v) is 2.73. The van der Waals surface area contributed by atoms with Crippen molar-refractivity contribution in [3.05, 3.63) is 11.4 Å². The lowest BCUT2D eigenvalue weighted by Gasteiger charge is -2.16. The first kappa shape index (κ1) is 12.5. The predicted molar refractivity (Wildman–Crippen MR) is 70.7 cm³/mol. The van der Waals surface area contributed by atoms with Crippen LogP contribution in [0, 0.1) is 5.92 Å². The van der Waals surface area contributed by atoms with E-state index in [0.29, 0.717) is 30.4 Å². The van der Waals surface area contributed by atoms with Crippen LogP contribution in [0.25, 0.3) is 0 Å². The Morgan fingerprint density at radius 2 is 2.26 bits per heavy atom. The summed E-state index contributed by atoms with van der Waals surface area (Å²) in [6.07, 6.45) is 2.70. The van der Waals surface area contributed by atoms with Crippen molar-refractivity contribution >= 4 is 11.6 Å². The molecule has 2 unspecified atom stereocenters. The van der Waals surface area contributed by atoms with Gasteiger partial charge in [-0.05, 0) is 26.2 Å². The van der Waals surface area contributed by atoms with Gasteiger partial charge in [-0.15, -0.1) is 0 Å². The second-order valence-corrected chi connectivity index (χ2v) is 5.71. The molecule has 2 aliphatic rings. The van der Waals surface area contributed by atoms with E-state index in [1.807, 2.05) is 0 Å². The average molecular weight is 264 g/mol. The topological polar surface area (TPSA) is 95.2 Å². The minimum absolute atomic E-state index is 0.121. The van der Waals surface area contributed by atoms with Crippen LogP contribution in [0.5, 0.6) is 0 Å². The van der Waals surface area contributed by atoms with E-state index in [2.05, 4.69) is 10.2 Å². The standard InChI is InChI=1S/C13H20N4O2/c1-7(18)9-4-5-17(6-9)13(19)12-10(14)11(15-16-12)8-2-3-8/h7-9,18H,2-6,14H2,1H3,(H,15,16). The molecular formula is C13H20N4O2. The Labute approximate surface area is 112 Å². The quantitative estimate of drug-likeness (QED) is 0.749. The molecule has 0 bridgehead atoms. The smallest absolute Gasteiger partial charge is 0.276 e. The summed E-state index contributed by atoms with van der Waals surface area (Å²) < 4.78 is 0. The van der Waals surface area contributed by atoms with Gasteiger partial charge in [0.2, 0.25) is 0 Å². The number of nitrogens with zero attached hydrogens (tertiary/aromatic N) is 2. The van der Waals surface area contributed by atoms with Crippen molar-refractivity contribution in [2.75, 3.05) is 18.8 Å². The van der Waals surface area contributed by atoms with Crippen LogP contribution in [0.4, 0.5) is 5.69 Å². The van der Waals surface area contributed by atoms with Crippen molar-refractivity contribution in [1.82, 2.24) is 15.1 Å². The van der Waals surface area contributed by atoms with Gasteiger partial charge in [-0.1, -0.05) is 0 Å². The van der Waals surface area contributed by atoms with E-state index in [1.165, 1.54) is 0 Å². The number of likely N-dealkylation sites (tertiary alicyclic amines) is 1. The number of hydrogen-bond acceptors (Lipinski definition) is 4. The van der Waals surface area contributed by atoms with Crippen molar-refractivity contribution < 1.29 is 9.90 Å². The second-order valence-electron chi connectivity index (χ2n) is 5.71. The summed E-state index contributed by atoms with van der Waals surface area (Å²) in [4.78, 5) is 14.1.